The van der Waals surface area contributed by atoms with Gasteiger partial charge in [0.1, 0.15) is 0 Å². The third-order valence-corrected chi connectivity index (χ3v) is 4.95. The van der Waals surface area contributed by atoms with Crippen LogP contribution >= 0.6 is 0 Å². The second-order valence-electron chi connectivity index (χ2n) is 7.07. The number of hydrogen-bond acceptors (Lipinski definition) is 4. The number of nitrogens with zero attached hydrogens (tertiary/aromatic N) is 2. The molecular weight excluding hydrogens is 357 g/mol. The van der Waals surface area contributed by atoms with Gasteiger partial charge in [0.25, 0.3) is 0 Å². The van der Waals surface area contributed by atoms with E-state index < -0.39 is 5.82 Å². The number of methoxy groups -OCH3 is 1. The summed E-state index contributed by atoms with van der Waals surface area (Å²) in [5.74, 6) is -0.360. The average molecular weight is 383 g/mol. The molecule has 2 heterocycles. The summed E-state index contributed by atoms with van der Waals surface area (Å²) in [5, 5.41) is 3.09. The van der Waals surface area contributed by atoms with E-state index in [1.807, 2.05) is 24.4 Å². The van der Waals surface area contributed by atoms with Crippen LogP contribution in [0.15, 0.2) is 48.2 Å². The summed E-state index contributed by atoms with van der Waals surface area (Å²) in [6.45, 7) is 4.43. The number of nitrogens with one attached hydrogen (secondary N) is 1. The number of amides is 1. The fourth-order valence-electron chi connectivity index (χ4n) is 3.34. The van der Waals surface area contributed by atoms with Crippen molar-refractivity contribution in [3.8, 4) is 5.75 Å². The zero-order valence-electron chi connectivity index (χ0n) is 16.3. The molecule has 1 saturated heterocycles. The van der Waals surface area contributed by atoms with Gasteiger partial charge in [-0.05, 0) is 55.7 Å². The topological polar surface area (TPSA) is 54.5 Å². The highest BCUT2D eigenvalue weighted by Crippen LogP contribution is 2.19. The highest BCUT2D eigenvalue weighted by Gasteiger charge is 2.21. The van der Waals surface area contributed by atoms with E-state index in [0.29, 0.717) is 11.1 Å². The highest BCUT2D eigenvalue weighted by molar-refractivity contribution is 5.97. The van der Waals surface area contributed by atoms with E-state index in [2.05, 4.69) is 15.2 Å². The van der Waals surface area contributed by atoms with Crippen molar-refractivity contribution in [1.29, 1.82) is 0 Å². The first kappa shape index (κ1) is 20.0. The van der Waals surface area contributed by atoms with Crippen LogP contribution in [0.25, 0.3) is 6.08 Å². The normalized spacial score (nSPS) is 16.0. The molecule has 0 spiro atoms. The molecule has 148 valence electrons. The summed E-state index contributed by atoms with van der Waals surface area (Å²) in [6, 6.07) is 10.8. The number of halogens is 1. The van der Waals surface area contributed by atoms with Crippen LogP contribution in [0, 0.1) is 5.82 Å². The number of aromatic nitrogens is 1. The smallest absolute Gasteiger partial charge is 0.247 e. The van der Waals surface area contributed by atoms with Crippen LogP contribution in [0.4, 0.5) is 4.39 Å². The predicted octanol–water partition coefficient (Wildman–Crippen LogP) is 3.41. The molecule has 0 aliphatic carbocycles. The molecule has 0 radical (unpaired) electrons. The van der Waals surface area contributed by atoms with Gasteiger partial charge in [0.2, 0.25) is 5.91 Å². The third kappa shape index (κ3) is 5.39. The molecule has 28 heavy (non-hydrogen) atoms. The Morgan fingerprint density at radius 3 is 2.75 bits per heavy atom. The molecule has 0 saturated carbocycles. The van der Waals surface area contributed by atoms with Gasteiger partial charge in [0.05, 0.1) is 12.8 Å². The predicted molar refractivity (Wildman–Crippen MR) is 107 cm³/mol. The van der Waals surface area contributed by atoms with Gasteiger partial charge in [-0.3, -0.25) is 14.7 Å². The van der Waals surface area contributed by atoms with Gasteiger partial charge in [0.15, 0.2) is 11.6 Å². The SMILES string of the molecule is COc1ccc(/C=C(\C)C(=O)NC2CCN(Cc3ccccn3)CC2)cc1F. The quantitative estimate of drug-likeness (QED) is 0.777. The van der Waals surface area contributed by atoms with E-state index in [0.717, 1.165) is 38.2 Å². The molecule has 6 heteroatoms. The first-order valence-electron chi connectivity index (χ1n) is 9.50. The summed E-state index contributed by atoms with van der Waals surface area (Å²) in [5.41, 5.74) is 2.26. The highest BCUT2D eigenvalue weighted by atomic mass is 19.1. The largest absolute Gasteiger partial charge is 0.494 e. The van der Waals surface area contributed by atoms with E-state index in [9.17, 15) is 9.18 Å². The minimum atomic E-state index is -0.440. The number of carbonyl (C=O) groups is 1. The van der Waals surface area contributed by atoms with Crippen molar-refractivity contribution in [1.82, 2.24) is 15.2 Å². The van der Waals surface area contributed by atoms with Crippen molar-refractivity contribution in [2.45, 2.75) is 32.4 Å². The molecular formula is C22H26FN3O2. The molecule has 1 N–H and O–H groups in total. The van der Waals surface area contributed by atoms with Crippen LogP contribution in [0.5, 0.6) is 5.75 Å². The summed E-state index contributed by atoms with van der Waals surface area (Å²) >= 11 is 0. The minimum Gasteiger partial charge on any atom is -0.494 e. The first-order valence-corrected chi connectivity index (χ1v) is 9.50. The fraction of sp³-hybridized carbons (Fsp3) is 0.364. The zero-order chi connectivity index (χ0) is 19.9. The van der Waals surface area contributed by atoms with Crippen molar-refractivity contribution >= 4 is 12.0 Å². The lowest BCUT2D eigenvalue weighted by molar-refractivity contribution is -0.118. The standard InChI is InChI=1S/C22H26FN3O2/c1-16(13-17-6-7-21(28-2)20(23)14-17)22(27)25-18-8-11-26(12-9-18)15-19-5-3-4-10-24-19/h3-7,10,13-14,18H,8-9,11-12,15H2,1-2H3,(H,25,27)/b16-13+. The number of hydrogen-bond donors (Lipinski definition) is 1. The zero-order valence-corrected chi connectivity index (χ0v) is 16.3. The Hall–Kier alpha value is -2.73. The lowest BCUT2D eigenvalue weighted by Crippen LogP contribution is -2.44. The summed E-state index contributed by atoms with van der Waals surface area (Å²) in [6.07, 6.45) is 5.31. The Morgan fingerprint density at radius 1 is 1.32 bits per heavy atom. The van der Waals surface area contributed by atoms with Gasteiger partial charge in [-0.1, -0.05) is 12.1 Å². The van der Waals surface area contributed by atoms with E-state index in [1.54, 1.807) is 25.1 Å². The molecule has 5 nitrogen and oxygen atoms in total. The second-order valence-corrected chi connectivity index (χ2v) is 7.07. The molecule has 2 aromatic rings. The summed E-state index contributed by atoms with van der Waals surface area (Å²) in [7, 11) is 1.42. The van der Waals surface area contributed by atoms with Crippen molar-refractivity contribution in [3.63, 3.8) is 0 Å². The number of pyridine rings is 1. The Labute approximate surface area is 165 Å². The number of likely N-dealkylation sites (tertiary alicyclic amines) is 1. The Morgan fingerprint density at radius 2 is 2.11 bits per heavy atom. The number of rotatable bonds is 6. The summed E-state index contributed by atoms with van der Waals surface area (Å²) in [4.78, 5) is 19.2. The lowest BCUT2D eigenvalue weighted by Gasteiger charge is -2.32. The van der Waals surface area contributed by atoms with E-state index in [1.165, 1.54) is 13.2 Å². The molecule has 0 atom stereocenters. The Kier molecular flexibility index (Phi) is 6.76. The fourth-order valence-corrected chi connectivity index (χ4v) is 3.34. The molecule has 1 amide bonds. The lowest BCUT2D eigenvalue weighted by atomic mass is 10.0. The summed E-state index contributed by atoms with van der Waals surface area (Å²) < 4.78 is 18.7. The van der Waals surface area contributed by atoms with Gasteiger partial charge in [-0.15, -0.1) is 0 Å². The van der Waals surface area contributed by atoms with E-state index in [-0.39, 0.29) is 17.7 Å². The second kappa shape index (κ2) is 9.46. The van der Waals surface area contributed by atoms with Gasteiger partial charge in [0, 0.05) is 37.4 Å². The van der Waals surface area contributed by atoms with Crippen molar-refractivity contribution < 1.29 is 13.9 Å². The number of piperidine rings is 1. The van der Waals surface area contributed by atoms with Crippen LogP contribution < -0.4 is 10.1 Å². The average Bonchev–Trinajstić information content (AvgIpc) is 2.70. The third-order valence-electron chi connectivity index (χ3n) is 4.95. The maximum atomic E-state index is 13.8. The first-order chi connectivity index (χ1) is 13.5. The number of ether oxygens (including phenoxy) is 1. The number of carbonyl (C=O) groups excluding carboxylic acids is 1. The molecule has 1 aromatic carbocycles. The molecule has 1 aliphatic rings. The van der Waals surface area contributed by atoms with Crippen LogP contribution in [0.1, 0.15) is 31.0 Å². The van der Waals surface area contributed by atoms with Gasteiger partial charge >= 0.3 is 0 Å². The molecule has 0 bridgehead atoms. The van der Waals surface area contributed by atoms with Crippen LogP contribution in [0.2, 0.25) is 0 Å². The Balaban J connectivity index is 1.50. The molecule has 1 aromatic heterocycles. The van der Waals surface area contributed by atoms with Crippen LogP contribution in [-0.4, -0.2) is 42.0 Å². The van der Waals surface area contributed by atoms with Gasteiger partial charge in [-0.25, -0.2) is 4.39 Å². The Bertz CT molecular complexity index is 831. The molecule has 1 fully saturated rings. The van der Waals surface area contributed by atoms with Crippen molar-refractivity contribution in [2.75, 3.05) is 20.2 Å². The maximum absolute atomic E-state index is 13.8. The molecule has 1 aliphatic heterocycles. The van der Waals surface area contributed by atoms with E-state index in [4.69, 9.17) is 4.74 Å². The van der Waals surface area contributed by atoms with Crippen LogP contribution in [-0.2, 0) is 11.3 Å². The van der Waals surface area contributed by atoms with Crippen molar-refractivity contribution in [2.24, 2.45) is 0 Å². The van der Waals surface area contributed by atoms with E-state index >= 15 is 0 Å². The van der Waals surface area contributed by atoms with Crippen LogP contribution in [0.3, 0.4) is 0 Å². The molecule has 0 unspecified atom stereocenters. The number of benzene rings is 1. The maximum Gasteiger partial charge on any atom is 0.247 e. The van der Waals surface area contributed by atoms with Crippen molar-refractivity contribution in [3.05, 3.63) is 65.2 Å². The minimum absolute atomic E-state index is 0.112. The van der Waals surface area contributed by atoms with Gasteiger partial charge in [-0.2, -0.15) is 0 Å². The van der Waals surface area contributed by atoms with Gasteiger partial charge < -0.3 is 10.1 Å². The molecule has 3 rings (SSSR count). The monoisotopic (exact) mass is 383 g/mol.